The summed E-state index contributed by atoms with van der Waals surface area (Å²) in [6.07, 6.45) is -28.5. The number of aliphatic carboxylic acids is 1. The number of hydrogen-bond donors (Lipinski definition) is 15. The lowest BCUT2D eigenvalue weighted by atomic mass is 9.31. The average molecular weight is 1010 g/mol. The summed E-state index contributed by atoms with van der Waals surface area (Å²) < 4.78 is 35.8. The SMILES string of the molecule is CC1(C)CC2C3CCC4[C@@]5(C)CC[C@H](O[C@@H]6O[C@H](C(=O)O)[C@@H](O[C@@H]7O[C@H](CO)[C@@H](O)[C@H](O)[C@H]7O)[C@H](O)[C@H]6O[C@@H]6O[C@H](CO)[C@@H](O)[C@H](O)[C@H]6O)[C@](C)(CO)C5CC[C@@]4(C)[C@]3(C)C[C@@H](O)[C@@]2(CO)[C@@H](O)[C@@H]1O. The van der Waals surface area contributed by atoms with Gasteiger partial charge in [0.2, 0.25) is 0 Å². The lowest BCUT2D eigenvalue weighted by molar-refractivity contribution is -0.392. The van der Waals surface area contributed by atoms with Gasteiger partial charge in [0.05, 0.1) is 56.3 Å². The van der Waals surface area contributed by atoms with Crippen LogP contribution in [0.4, 0.5) is 0 Å². The molecule has 0 bridgehead atoms. The van der Waals surface area contributed by atoms with Crippen LogP contribution in [0.3, 0.4) is 0 Å². The number of fused-ring (bicyclic) bond motifs is 7. The number of ether oxygens (including phenoxy) is 6. The number of carboxylic acids is 1. The number of aliphatic hydroxyl groups is 14. The van der Waals surface area contributed by atoms with Gasteiger partial charge in [-0.3, -0.25) is 0 Å². The summed E-state index contributed by atoms with van der Waals surface area (Å²) in [6.45, 7) is 9.87. The first-order chi connectivity index (χ1) is 32.7. The van der Waals surface area contributed by atoms with Crippen LogP contribution in [0.15, 0.2) is 0 Å². The summed E-state index contributed by atoms with van der Waals surface area (Å²) in [7, 11) is 0. The molecule has 3 saturated heterocycles. The largest absolute Gasteiger partial charge is 0.479 e. The van der Waals surface area contributed by atoms with E-state index in [4.69, 9.17) is 28.4 Å². The van der Waals surface area contributed by atoms with Crippen molar-refractivity contribution >= 4 is 5.97 Å². The van der Waals surface area contributed by atoms with Gasteiger partial charge in [-0.05, 0) is 96.7 Å². The lowest BCUT2D eigenvalue weighted by Gasteiger charge is -2.75. The number of aliphatic hydroxyl groups excluding tert-OH is 14. The molecule has 8 aliphatic rings. The highest BCUT2D eigenvalue weighted by Crippen LogP contribution is 2.77. The van der Waals surface area contributed by atoms with Gasteiger partial charge in [-0.2, -0.15) is 0 Å². The molecule has 0 aromatic heterocycles. The second-order valence-corrected chi connectivity index (χ2v) is 24.0. The number of rotatable bonds is 11. The minimum Gasteiger partial charge on any atom is -0.479 e. The van der Waals surface area contributed by atoms with Crippen LogP contribution in [-0.4, -0.2) is 226 Å². The Labute approximate surface area is 407 Å². The molecule has 70 heavy (non-hydrogen) atoms. The zero-order valence-corrected chi connectivity index (χ0v) is 40.8. The summed E-state index contributed by atoms with van der Waals surface area (Å²) in [4.78, 5) is 13.0. The van der Waals surface area contributed by atoms with Crippen molar-refractivity contribution in [3.8, 4) is 0 Å². The van der Waals surface area contributed by atoms with Crippen LogP contribution >= 0.6 is 0 Å². The first-order valence-electron chi connectivity index (χ1n) is 25.1. The first-order valence-corrected chi connectivity index (χ1v) is 25.1. The summed E-state index contributed by atoms with van der Waals surface area (Å²) in [6, 6.07) is 0. The fraction of sp³-hybridized carbons (Fsp3) is 0.979. The summed E-state index contributed by atoms with van der Waals surface area (Å²) >= 11 is 0. The Hall–Kier alpha value is -1.33. The van der Waals surface area contributed by atoms with Crippen molar-refractivity contribution in [3.63, 3.8) is 0 Å². The molecule has 8 rings (SSSR count). The molecular weight excluding hydrogens is 929 g/mol. The van der Waals surface area contributed by atoms with Gasteiger partial charge in [0.25, 0.3) is 0 Å². The lowest BCUT2D eigenvalue weighted by Crippen LogP contribution is -2.74. The van der Waals surface area contributed by atoms with Crippen LogP contribution < -0.4 is 0 Å². The number of carbonyl (C=O) groups is 1. The molecule has 22 nitrogen and oxygen atoms in total. The average Bonchev–Trinajstić information content (AvgIpc) is 3.31. The van der Waals surface area contributed by atoms with Crippen LogP contribution in [0, 0.1) is 56.2 Å². The second kappa shape index (κ2) is 19.4. The third-order valence-corrected chi connectivity index (χ3v) is 20.4. The van der Waals surface area contributed by atoms with E-state index < -0.39 is 176 Å². The molecule has 0 radical (unpaired) electrons. The molecule has 3 heterocycles. The molecule has 3 aliphatic heterocycles. The normalized spacial score (nSPS) is 56.7. The summed E-state index contributed by atoms with van der Waals surface area (Å²) in [5, 5.41) is 164. The van der Waals surface area contributed by atoms with E-state index in [9.17, 15) is 81.4 Å². The van der Waals surface area contributed by atoms with E-state index in [2.05, 4.69) is 20.8 Å². The third-order valence-electron chi connectivity index (χ3n) is 20.4. The van der Waals surface area contributed by atoms with Crippen molar-refractivity contribution in [1.82, 2.24) is 0 Å². The molecule has 0 aromatic carbocycles. The monoisotopic (exact) mass is 1010 g/mol. The Morgan fingerprint density at radius 1 is 0.543 bits per heavy atom. The van der Waals surface area contributed by atoms with E-state index in [1.807, 2.05) is 20.8 Å². The van der Waals surface area contributed by atoms with Crippen molar-refractivity contribution in [3.05, 3.63) is 0 Å². The van der Waals surface area contributed by atoms with Crippen molar-refractivity contribution in [2.24, 2.45) is 56.2 Å². The predicted molar refractivity (Wildman–Crippen MR) is 236 cm³/mol. The predicted octanol–water partition coefficient (Wildman–Crippen LogP) is -3.33. The topological polar surface area (TPSA) is 376 Å². The maximum Gasteiger partial charge on any atom is 0.335 e. The van der Waals surface area contributed by atoms with Gasteiger partial charge in [0.1, 0.15) is 67.1 Å². The molecule has 0 spiro atoms. The van der Waals surface area contributed by atoms with E-state index >= 15 is 0 Å². The van der Waals surface area contributed by atoms with Crippen LogP contribution in [0.5, 0.6) is 0 Å². The Bertz CT molecular complexity index is 1860. The standard InChI is InChI=1S/C48H80O22/c1-43(2)13-20-19-7-8-24-44(3)11-10-26(45(4,17-51)23(44)9-12-46(24,5)47(19,6)14-25(53)48(20,18-52)38(62)37(43)61)67-42-35(69-41-32(59)30(57)28(55)22(16-50)66-41)33(60)34(36(70-42)39(63)64)68-40-31(58)29(56)27(54)21(15-49)65-40/h19-38,40-42,49-62H,7-18H2,1-6H3,(H,63,64)/t19?,20?,21-,22-,23?,24?,25-,26+,27-,28-,29+,30+,31-,32-,33+,34+,35-,36+,37+,38+,40+,41+,42-,44+,45-,46-,47-,48+/m1/s1. The van der Waals surface area contributed by atoms with Gasteiger partial charge in [0, 0.05) is 5.41 Å². The molecule has 0 amide bonds. The highest BCUT2D eigenvalue weighted by molar-refractivity contribution is 5.73. The van der Waals surface area contributed by atoms with E-state index in [1.54, 1.807) is 0 Å². The highest BCUT2D eigenvalue weighted by Gasteiger charge is 2.74. The Kier molecular flexibility index (Phi) is 15.2. The summed E-state index contributed by atoms with van der Waals surface area (Å²) in [5.41, 5.74) is -4.31. The molecule has 404 valence electrons. The van der Waals surface area contributed by atoms with Crippen molar-refractivity contribution in [2.45, 2.75) is 209 Å². The zero-order chi connectivity index (χ0) is 51.6. The molecule has 15 N–H and O–H groups in total. The highest BCUT2D eigenvalue weighted by atomic mass is 16.8. The van der Waals surface area contributed by atoms with E-state index in [-0.39, 0.29) is 35.5 Å². The zero-order valence-electron chi connectivity index (χ0n) is 40.8. The minimum atomic E-state index is -2.14. The van der Waals surface area contributed by atoms with E-state index in [0.29, 0.717) is 32.1 Å². The Morgan fingerprint density at radius 2 is 1.11 bits per heavy atom. The Balaban J connectivity index is 1.09. The van der Waals surface area contributed by atoms with Gasteiger partial charge in [-0.15, -0.1) is 0 Å². The summed E-state index contributed by atoms with van der Waals surface area (Å²) in [5.74, 6) is -2.15. The minimum absolute atomic E-state index is 0.000902. The third kappa shape index (κ3) is 8.08. The van der Waals surface area contributed by atoms with Crippen LogP contribution in [0.1, 0.15) is 92.9 Å². The molecular formula is C48H80O22. The van der Waals surface area contributed by atoms with Crippen molar-refractivity contribution < 1.29 is 110 Å². The van der Waals surface area contributed by atoms with Gasteiger partial charge >= 0.3 is 5.97 Å². The van der Waals surface area contributed by atoms with E-state index in [0.717, 1.165) is 12.8 Å². The maximum atomic E-state index is 13.0. The molecule has 28 atom stereocenters. The van der Waals surface area contributed by atoms with Crippen LogP contribution in [0.25, 0.3) is 0 Å². The molecule has 5 aliphatic carbocycles. The smallest absolute Gasteiger partial charge is 0.335 e. The van der Waals surface area contributed by atoms with Gasteiger partial charge in [-0.25, -0.2) is 4.79 Å². The first kappa shape index (κ1) is 54.9. The quantitative estimate of drug-likeness (QED) is 0.0900. The van der Waals surface area contributed by atoms with Gasteiger partial charge in [0.15, 0.2) is 25.0 Å². The van der Waals surface area contributed by atoms with Crippen LogP contribution in [-0.2, 0) is 33.2 Å². The van der Waals surface area contributed by atoms with Crippen LogP contribution in [0.2, 0.25) is 0 Å². The van der Waals surface area contributed by atoms with E-state index in [1.165, 1.54) is 0 Å². The molecule has 22 heteroatoms. The number of carboxylic acid groups (broad SMARTS) is 1. The Morgan fingerprint density at radius 3 is 1.64 bits per heavy atom. The number of hydrogen-bond acceptors (Lipinski definition) is 21. The fourth-order valence-corrected chi connectivity index (χ4v) is 16.2. The second-order valence-electron chi connectivity index (χ2n) is 24.0. The fourth-order valence-electron chi connectivity index (χ4n) is 16.2. The molecule has 0 aromatic rings. The molecule has 8 fully saturated rings. The van der Waals surface area contributed by atoms with Gasteiger partial charge < -0.3 is 105 Å². The van der Waals surface area contributed by atoms with Gasteiger partial charge in [-0.1, -0.05) is 41.5 Å². The molecule has 4 unspecified atom stereocenters. The van der Waals surface area contributed by atoms with Crippen molar-refractivity contribution in [2.75, 3.05) is 26.4 Å². The maximum absolute atomic E-state index is 13.0. The van der Waals surface area contributed by atoms with Crippen molar-refractivity contribution in [1.29, 1.82) is 0 Å². The molecule has 5 saturated carbocycles.